The van der Waals surface area contributed by atoms with Crippen LogP contribution in [-0.2, 0) is 13.0 Å². The van der Waals surface area contributed by atoms with Gasteiger partial charge in [-0.25, -0.2) is 0 Å². The fourth-order valence-corrected chi connectivity index (χ4v) is 2.98. The van der Waals surface area contributed by atoms with Gasteiger partial charge in [0.1, 0.15) is 5.75 Å². The van der Waals surface area contributed by atoms with Crippen LogP contribution in [0.3, 0.4) is 0 Å². The first-order valence-electron chi connectivity index (χ1n) is 6.43. The number of benzene rings is 1. The van der Waals surface area contributed by atoms with Crippen LogP contribution in [0, 0.1) is 5.92 Å². The van der Waals surface area contributed by atoms with Crippen LogP contribution in [0.5, 0.6) is 5.75 Å². The summed E-state index contributed by atoms with van der Waals surface area (Å²) in [5.74, 6) is 1.61. The molecule has 0 aliphatic carbocycles. The van der Waals surface area contributed by atoms with Crippen LogP contribution in [0.2, 0.25) is 0 Å². The lowest BCUT2D eigenvalue weighted by Crippen LogP contribution is -2.28. The summed E-state index contributed by atoms with van der Waals surface area (Å²) < 4.78 is 6.89. The summed E-state index contributed by atoms with van der Waals surface area (Å²) in [5, 5.41) is 0. The van der Waals surface area contributed by atoms with Crippen molar-refractivity contribution in [3.63, 3.8) is 0 Å². The fraction of sp³-hybridized carbons (Fsp3) is 0.571. The average molecular weight is 313 g/mol. The molecule has 0 fully saturated rings. The third kappa shape index (κ3) is 3.25. The maximum absolute atomic E-state index is 5.74. The molecule has 1 atom stereocenters. The quantitative estimate of drug-likeness (QED) is 0.907. The first-order chi connectivity index (χ1) is 8.60. The molecule has 3 nitrogen and oxygen atoms in total. The second-order valence-electron chi connectivity index (χ2n) is 5.19. The summed E-state index contributed by atoms with van der Waals surface area (Å²) in [6, 6.07) is 4.32. The minimum Gasteiger partial charge on any atom is -0.493 e. The van der Waals surface area contributed by atoms with Crippen molar-refractivity contribution >= 4 is 15.9 Å². The number of fused-ring (bicyclic) bond motifs is 1. The third-order valence-electron chi connectivity index (χ3n) is 3.29. The molecule has 4 heteroatoms. The smallest absolute Gasteiger partial charge is 0.127 e. The molecule has 18 heavy (non-hydrogen) atoms. The highest BCUT2D eigenvalue weighted by Gasteiger charge is 2.18. The molecule has 0 radical (unpaired) electrons. The van der Waals surface area contributed by atoms with Crippen LogP contribution in [0.4, 0.5) is 0 Å². The van der Waals surface area contributed by atoms with Gasteiger partial charge < -0.3 is 15.4 Å². The Balaban J connectivity index is 2.09. The van der Waals surface area contributed by atoms with Gasteiger partial charge in [-0.2, -0.15) is 0 Å². The van der Waals surface area contributed by atoms with Crippen molar-refractivity contribution in [2.24, 2.45) is 11.7 Å². The van der Waals surface area contributed by atoms with Gasteiger partial charge in [0.2, 0.25) is 0 Å². The van der Waals surface area contributed by atoms with Gasteiger partial charge in [-0.05, 0) is 37.2 Å². The molecule has 1 unspecified atom stereocenters. The van der Waals surface area contributed by atoms with Crippen LogP contribution >= 0.6 is 15.9 Å². The molecule has 100 valence electrons. The first-order valence-corrected chi connectivity index (χ1v) is 7.22. The van der Waals surface area contributed by atoms with Crippen molar-refractivity contribution in [1.29, 1.82) is 0 Å². The number of nitrogens with zero attached hydrogens (tertiary/aromatic N) is 1. The fourth-order valence-electron chi connectivity index (χ4n) is 2.43. The van der Waals surface area contributed by atoms with E-state index >= 15 is 0 Å². The van der Waals surface area contributed by atoms with Gasteiger partial charge >= 0.3 is 0 Å². The molecule has 1 aromatic carbocycles. The molecule has 1 aliphatic heterocycles. The van der Waals surface area contributed by atoms with Crippen LogP contribution in [-0.4, -0.2) is 31.6 Å². The normalized spacial score (nSPS) is 15.6. The molecule has 0 bridgehead atoms. The van der Waals surface area contributed by atoms with Gasteiger partial charge in [-0.15, -0.1) is 0 Å². The number of ether oxygens (including phenoxy) is 1. The van der Waals surface area contributed by atoms with E-state index in [1.807, 2.05) is 0 Å². The van der Waals surface area contributed by atoms with Crippen LogP contribution < -0.4 is 10.5 Å². The topological polar surface area (TPSA) is 38.5 Å². The number of hydrogen-bond donors (Lipinski definition) is 1. The van der Waals surface area contributed by atoms with E-state index in [9.17, 15) is 0 Å². The van der Waals surface area contributed by atoms with E-state index in [1.165, 1.54) is 11.1 Å². The lowest BCUT2D eigenvalue weighted by molar-refractivity contribution is 0.275. The molecule has 1 heterocycles. The van der Waals surface area contributed by atoms with E-state index in [0.29, 0.717) is 5.92 Å². The van der Waals surface area contributed by atoms with Gasteiger partial charge in [-0.1, -0.05) is 22.9 Å². The van der Waals surface area contributed by atoms with Crippen molar-refractivity contribution in [3.05, 3.63) is 27.7 Å². The van der Waals surface area contributed by atoms with Crippen molar-refractivity contribution in [1.82, 2.24) is 4.90 Å². The lowest BCUT2D eigenvalue weighted by atomic mass is 10.1. The summed E-state index contributed by atoms with van der Waals surface area (Å²) >= 11 is 3.58. The van der Waals surface area contributed by atoms with E-state index in [-0.39, 0.29) is 0 Å². The van der Waals surface area contributed by atoms with E-state index in [2.05, 4.69) is 46.9 Å². The van der Waals surface area contributed by atoms with Crippen LogP contribution in [0.1, 0.15) is 18.1 Å². The van der Waals surface area contributed by atoms with E-state index in [1.54, 1.807) is 0 Å². The molecule has 2 N–H and O–H groups in total. The minimum absolute atomic E-state index is 0.524. The Morgan fingerprint density at radius 1 is 1.50 bits per heavy atom. The predicted octanol–water partition coefficient (Wildman–Crippen LogP) is 2.41. The molecule has 2 rings (SSSR count). The van der Waals surface area contributed by atoms with E-state index in [0.717, 1.165) is 42.9 Å². The van der Waals surface area contributed by atoms with Crippen molar-refractivity contribution in [2.45, 2.75) is 19.9 Å². The summed E-state index contributed by atoms with van der Waals surface area (Å²) in [6.45, 7) is 5.64. The first kappa shape index (κ1) is 13.8. The highest BCUT2D eigenvalue weighted by Crippen LogP contribution is 2.33. The Morgan fingerprint density at radius 3 is 3.00 bits per heavy atom. The molecular weight excluding hydrogens is 292 g/mol. The SMILES string of the molecule is CC(CN)CN(C)Cc1cc(Br)cc2c1OCC2. The Hall–Kier alpha value is -0.580. The van der Waals surface area contributed by atoms with Gasteiger partial charge in [-0.3, -0.25) is 0 Å². The summed E-state index contributed by atoms with van der Waals surface area (Å²) in [6.07, 6.45) is 1.02. The Kier molecular flexibility index (Phi) is 4.65. The standard InChI is InChI=1S/C14H21BrN2O/c1-10(7-16)8-17(2)9-12-6-13(15)5-11-3-4-18-14(11)12/h5-6,10H,3-4,7-9,16H2,1-2H3. The Morgan fingerprint density at radius 2 is 2.28 bits per heavy atom. The Bertz CT molecular complexity index is 423. The molecule has 0 saturated carbocycles. The number of nitrogens with two attached hydrogens (primary N) is 1. The van der Waals surface area contributed by atoms with Crippen molar-refractivity contribution in [2.75, 3.05) is 26.7 Å². The summed E-state index contributed by atoms with van der Waals surface area (Å²) in [5.41, 5.74) is 8.26. The number of rotatable bonds is 5. The van der Waals surface area contributed by atoms with Crippen LogP contribution in [0.15, 0.2) is 16.6 Å². The summed E-state index contributed by atoms with van der Waals surface area (Å²) in [7, 11) is 2.13. The molecule has 0 spiro atoms. The Labute approximate surface area is 117 Å². The molecule has 1 aromatic rings. The molecular formula is C14H21BrN2O. The molecule has 0 amide bonds. The predicted molar refractivity (Wildman–Crippen MR) is 77.9 cm³/mol. The third-order valence-corrected chi connectivity index (χ3v) is 3.75. The molecule has 1 aliphatic rings. The molecule has 0 aromatic heterocycles. The maximum Gasteiger partial charge on any atom is 0.127 e. The van der Waals surface area contributed by atoms with Gasteiger partial charge in [0.25, 0.3) is 0 Å². The monoisotopic (exact) mass is 312 g/mol. The number of halogens is 1. The van der Waals surface area contributed by atoms with Crippen molar-refractivity contribution in [3.8, 4) is 5.75 Å². The highest BCUT2D eigenvalue weighted by atomic mass is 79.9. The van der Waals surface area contributed by atoms with Crippen molar-refractivity contribution < 1.29 is 4.74 Å². The van der Waals surface area contributed by atoms with Crippen LogP contribution in [0.25, 0.3) is 0 Å². The minimum atomic E-state index is 0.524. The lowest BCUT2D eigenvalue weighted by Gasteiger charge is -2.21. The largest absolute Gasteiger partial charge is 0.493 e. The van der Waals surface area contributed by atoms with E-state index in [4.69, 9.17) is 10.5 Å². The summed E-state index contributed by atoms with van der Waals surface area (Å²) in [4.78, 5) is 2.31. The maximum atomic E-state index is 5.74. The van der Waals surface area contributed by atoms with Gasteiger partial charge in [0.15, 0.2) is 0 Å². The second-order valence-corrected chi connectivity index (χ2v) is 6.10. The zero-order valence-electron chi connectivity index (χ0n) is 11.1. The highest BCUT2D eigenvalue weighted by molar-refractivity contribution is 9.10. The van der Waals surface area contributed by atoms with Gasteiger partial charge in [0, 0.05) is 29.5 Å². The zero-order chi connectivity index (χ0) is 13.1. The van der Waals surface area contributed by atoms with E-state index < -0.39 is 0 Å². The van der Waals surface area contributed by atoms with Gasteiger partial charge in [0.05, 0.1) is 6.61 Å². The molecule has 0 saturated heterocycles. The zero-order valence-corrected chi connectivity index (χ0v) is 12.7. The number of hydrogen-bond acceptors (Lipinski definition) is 3. The average Bonchev–Trinajstić information content (AvgIpc) is 2.76. The second kappa shape index (κ2) is 6.04.